The van der Waals surface area contributed by atoms with Crippen LogP contribution in [-0.2, 0) is 35.6 Å². The summed E-state index contributed by atoms with van der Waals surface area (Å²) in [5.41, 5.74) is 2.52. The Labute approximate surface area is 266 Å². The maximum absolute atomic E-state index is 12.4. The normalized spacial score (nSPS) is 17.3. The highest BCUT2D eigenvalue weighted by atomic mass is 32.2. The number of amides is 1. The van der Waals surface area contributed by atoms with E-state index in [2.05, 4.69) is 16.6 Å². The second kappa shape index (κ2) is 16.9. The lowest BCUT2D eigenvalue weighted by Gasteiger charge is -2.32. The van der Waals surface area contributed by atoms with Gasteiger partial charge in [-0.1, -0.05) is 36.8 Å². The van der Waals surface area contributed by atoms with E-state index in [1.807, 2.05) is 32.0 Å². The standard InChI is InChI=1S/C33H44N2O9S/c1-33(2)42-25-28-23-27(13-14-30(28)44-33)31-24-35(32(37)43-31)16-6-3-4-7-18-40-19-8-5-10-26-11-9-12-29(22-26)45(38,39)34-15-20-41-21-17-36/h9,11-14,22-23,31,34,36H,3-4,6-8,15-21,24-25H2,1-2H3/t31-/m0/s1. The van der Waals surface area contributed by atoms with Crippen molar-refractivity contribution in [1.29, 1.82) is 0 Å². The van der Waals surface area contributed by atoms with E-state index in [-0.39, 0.29) is 43.5 Å². The van der Waals surface area contributed by atoms with Crippen LogP contribution in [-0.4, -0.2) is 83.0 Å². The molecule has 1 atom stereocenters. The Bertz CT molecular complexity index is 1440. The molecule has 2 aliphatic heterocycles. The van der Waals surface area contributed by atoms with Crippen molar-refractivity contribution in [2.75, 3.05) is 52.7 Å². The molecular formula is C33H44N2O9S. The molecule has 11 nitrogen and oxygen atoms in total. The molecule has 12 heteroatoms. The number of carbonyl (C=O) groups excluding carboxylic acids is 1. The van der Waals surface area contributed by atoms with Crippen molar-refractivity contribution in [1.82, 2.24) is 9.62 Å². The second-order valence-corrected chi connectivity index (χ2v) is 13.1. The van der Waals surface area contributed by atoms with Gasteiger partial charge in [0, 0.05) is 51.1 Å². The molecule has 0 bridgehead atoms. The molecule has 2 aromatic carbocycles. The molecule has 0 spiro atoms. The van der Waals surface area contributed by atoms with Crippen molar-refractivity contribution in [3.05, 3.63) is 59.2 Å². The lowest BCUT2D eigenvalue weighted by molar-refractivity contribution is -0.180. The number of cyclic esters (lactones) is 1. The number of sulfonamides is 1. The third-order valence-electron chi connectivity index (χ3n) is 7.26. The smallest absolute Gasteiger partial charge is 0.410 e. The summed E-state index contributed by atoms with van der Waals surface area (Å²) in [6.45, 7) is 6.92. The summed E-state index contributed by atoms with van der Waals surface area (Å²) in [4.78, 5) is 14.3. The van der Waals surface area contributed by atoms with Gasteiger partial charge >= 0.3 is 6.09 Å². The van der Waals surface area contributed by atoms with Crippen LogP contribution in [0.3, 0.4) is 0 Å². The number of nitrogens with zero attached hydrogens (tertiary/aromatic N) is 1. The Morgan fingerprint density at radius 2 is 1.87 bits per heavy atom. The van der Waals surface area contributed by atoms with Crippen LogP contribution in [0.25, 0.3) is 0 Å². The Balaban J connectivity index is 1.06. The molecule has 2 heterocycles. The number of aliphatic hydroxyl groups is 1. The topological polar surface area (TPSA) is 133 Å². The fourth-order valence-corrected chi connectivity index (χ4v) is 5.97. The van der Waals surface area contributed by atoms with Gasteiger partial charge in [-0.05, 0) is 48.7 Å². The van der Waals surface area contributed by atoms with Gasteiger partial charge in [-0.15, -0.1) is 0 Å². The largest absolute Gasteiger partial charge is 0.463 e. The predicted molar refractivity (Wildman–Crippen MR) is 167 cm³/mol. The summed E-state index contributed by atoms with van der Waals surface area (Å²) in [6, 6.07) is 12.4. The Kier molecular flexibility index (Phi) is 13.1. The number of hydrogen-bond acceptors (Lipinski definition) is 9. The van der Waals surface area contributed by atoms with E-state index < -0.39 is 15.8 Å². The van der Waals surface area contributed by atoms with E-state index in [4.69, 9.17) is 28.8 Å². The molecule has 0 aromatic heterocycles. The van der Waals surface area contributed by atoms with Gasteiger partial charge in [0.25, 0.3) is 0 Å². The predicted octanol–water partition coefficient (Wildman–Crippen LogP) is 4.13. The summed E-state index contributed by atoms with van der Waals surface area (Å²) >= 11 is 0. The van der Waals surface area contributed by atoms with E-state index in [9.17, 15) is 13.2 Å². The van der Waals surface area contributed by atoms with Crippen LogP contribution in [0.1, 0.15) is 68.7 Å². The van der Waals surface area contributed by atoms with Crippen LogP contribution in [0.15, 0.2) is 47.4 Å². The van der Waals surface area contributed by atoms with Gasteiger partial charge in [-0.2, -0.15) is 0 Å². The van der Waals surface area contributed by atoms with E-state index in [0.29, 0.717) is 44.9 Å². The Hall–Kier alpha value is -3.18. The summed E-state index contributed by atoms with van der Waals surface area (Å²) in [5.74, 6) is 6.18. The lowest BCUT2D eigenvalue weighted by Crippen LogP contribution is -2.35. The quantitative estimate of drug-likeness (QED) is 0.193. The van der Waals surface area contributed by atoms with Gasteiger partial charge < -0.3 is 33.7 Å². The highest BCUT2D eigenvalue weighted by molar-refractivity contribution is 7.89. The molecule has 4 rings (SSSR count). The van der Waals surface area contributed by atoms with Gasteiger partial charge in [-0.25, -0.2) is 17.9 Å². The van der Waals surface area contributed by atoms with Crippen molar-refractivity contribution < 1.29 is 42.0 Å². The fraction of sp³-hybridized carbons (Fsp3) is 0.545. The summed E-state index contributed by atoms with van der Waals surface area (Å²) in [5, 5.41) is 8.70. The molecule has 2 aliphatic rings. The van der Waals surface area contributed by atoms with Crippen LogP contribution in [0.2, 0.25) is 0 Å². The molecule has 1 amide bonds. The summed E-state index contributed by atoms with van der Waals surface area (Å²) in [6.07, 6.45) is 3.79. The summed E-state index contributed by atoms with van der Waals surface area (Å²) in [7, 11) is -3.67. The number of nitrogens with one attached hydrogen (secondary N) is 1. The number of aliphatic hydroxyl groups excluding tert-OH is 1. The van der Waals surface area contributed by atoms with Crippen molar-refractivity contribution in [3.63, 3.8) is 0 Å². The van der Waals surface area contributed by atoms with Gasteiger partial charge in [-0.3, -0.25) is 0 Å². The number of fused-ring (bicyclic) bond motifs is 1. The van der Waals surface area contributed by atoms with Gasteiger partial charge in [0.1, 0.15) is 11.9 Å². The maximum atomic E-state index is 12.4. The molecule has 2 aromatic rings. The number of hydrogen-bond donors (Lipinski definition) is 2. The highest BCUT2D eigenvalue weighted by Crippen LogP contribution is 2.35. The maximum Gasteiger partial charge on any atom is 0.410 e. The minimum atomic E-state index is -3.67. The van der Waals surface area contributed by atoms with Crippen LogP contribution in [0.4, 0.5) is 4.79 Å². The molecule has 246 valence electrons. The third kappa shape index (κ3) is 11.0. The second-order valence-electron chi connectivity index (χ2n) is 11.3. The minimum Gasteiger partial charge on any atom is -0.463 e. The number of carbonyl (C=O) groups is 1. The first-order valence-electron chi connectivity index (χ1n) is 15.4. The van der Waals surface area contributed by atoms with Crippen LogP contribution < -0.4 is 9.46 Å². The molecule has 0 unspecified atom stereocenters. The van der Waals surface area contributed by atoms with Gasteiger partial charge in [0.15, 0.2) is 0 Å². The number of benzene rings is 2. The van der Waals surface area contributed by atoms with Crippen LogP contribution in [0.5, 0.6) is 5.75 Å². The van der Waals surface area contributed by atoms with E-state index in [0.717, 1.165) is 42.6 Å². The zero-order valence-electron chi connectivity index (χ0n) is 26.1. The molecule has 2 N–H and O–H groups in total. The average Bonchev–Trinajstić information content (AvgIpc) is 3.39. The van der Waals surface area contributed by atoms with Crippen LogP contribution >= 0.6 is 0 Å². The van der Waals surface area contributed by atoms with Crippen molar-refractivity contribution in [3.8, 4) is 17.6 Å². The Morgan fingerprint density at radius 3 is 2.71 bits per heavy atom. The molecule has 1 saturated heterocycles. The lowest BCUT2D eigenvalue weighted by atomic mass is 10.0. The average molecular weight is 645 g/mol. The number of rotatable bonds is 17. The highest BCUT2D eigenvalue weighted by Gasteiger charge is 2.33. The summed E-state index contributed by atoms with van der Waals surface area (Å²) < 4.78 is 55.4. The zero-order valence-corrected chi connectivity index (χ0v) is 26.9. The van der Waals surface area contributed by atoms with E-state index >= 15 is 0 Å². The van der Waals surface area contributed by atoms with Crippen LogP contribution in [0, 0.1) is 11.8 Å². The number of ether oxygens (including phenoxy) is 5. The first-order chi connectivity index (χ1) is 21.7. The molecule has 0 saturated carbocycles. The van der Waals surface area contributed by atoms with Crippen molar-refractivity contribution >= 4 is 16.1 Å². The first kappa shape index (κ1) is 34.7. The molecule has 1 fully saturated rings. The zero-order chi connectivity index (χ0) is 32.1. The first-order valence-corrected chi connectivity index (χ1v) is 16.9. The van der Waals surface area contributed by atoms with Gasteiger partial charge in [0.05, 0.1) is 44.5 Å². The number of unbranched alkanes of at least 4 members (excludes halogenated alkanes) is 3. The molecular weight excluding hydrogens is 600 g/mol. The molecule has 45 heavy (non-hydrogen) atoms. The Morgan fingerprint density at radius 1 is 1.04 bits per heavy atom. The minimum absolute atomic E-state index is 0.107. The van der Waals surface area contributed by atoms with E-state index in [1.165, 1.54) is 12.1 Å². The monoisotopic (exact) mass is 644 g/mol. The fourth-order valence-electron chi connectivity index (χ4n) is 4.91. The van der Waals surface area contributed by atoms with Crippen molar-refractivity contribution in [2.45, 2.75) is 69.3 Å². The van der Waals surface area contributed by atoms with Crippen molar-refractivity contribution in [2.24, 2.45) is 0 Å². The molecule has 0 radical (unpaired) electrons. The third-order valence-corrected chi connectivity index (χ3v) is 8.72. The van der Waals surface area contributed by atoms with Gasteiger partial charge in [0.2, 0.25) is 15.8 Å². The molecule has 0 aliphatic carbocycles. The van der Waals surface area contributed by atoms with E-state index in [1.54, 1.807) is 17.0 Å². The SMILES string of the molecule is CC1(C)OCc2cc([C@@H]3CN(CCCCCCOCCC#Cc4cccc(S(=O)(=O)NCCOCCO)c4)C(=O)O3)ccc2O1.